The minimum Gasteiger partial charge on any atom is -0.481 e. The van der Waals surface area contributed by atoms with Crippen LogP contribution in [0.2, 0.25) is 0 Å². The molecule has 25 heavy (non-hydrogen) atoms. The molecule has 0 fully saturated rings. The predicted octanol–water partition coefficient (Wildman–Crippen LogP) is 4.87. The zero-order valence-corrected chi connectivity index (χ0v) is 15.9. The van der Waals surface area contributed by atoms with Gasteiger partial charge in [-0.25, -0.2) is 5.48 Å². The molecular formula is C21H34NO3. The van der Waals surface area contributed by atoms with Crippen LogP contribution in [0.5, 0.6) is 0 Å². The summed E-state index contributed by atoms with van der Waals surface area (Å²) in [4.78, 5) is 12.2. The number of hydrogen-bond donors (Lipinski definition) is 3. The number of hydrogen-bond acceptors (Lipinski definition) is 3. The average molecular weight is 349 g/mol. The van der Waals surface area contributed by atoms with E-state index < -0.39 is 11.4 Å². The molecule has 0 spiro atoms. The fourth-order valence-electron chi connectivity index (χ4n) is 3.90. The van der Waals surface area contributed by atoms with Crippen molar-refractivity contribution < 1.29 is 15.1 Å². The Balaban J connectivity index is 2.98. The van der Waals surface area contributed by atoms with Crippen molar-refractivity contribution in [1.82, 2.24) is 5.48 Å². The van der Waals surface area contributed by atoms with E-state index in [-0.39, 0.29) is 0 Å². The molecule has 4 heteroatoms. The van der Waals surface area contributed by atoms with Crippen LogP contribution in [0.25, 0.3) is 0 Å². The normalized spacial score (nSPS) is 15.1. The lowest BCUT2D eigenvalue weighted by atomic mass is 9.64. The van der Waals surface area contributed by atoms with Crippen molar-refractivity contribution in [1.29, 1.82) is 0 Å². The van der Waals surface area contributed by atoms with E-state index in [0.717, 1.165) is 50.0 Å². The van der Waals surface area contributed by atoms with Gasteiger partial charge in [-0.3, -0.25) is 4.79 Å². The van der Waals surface area contributed by atoms with Gasteiger partial charge in [0.15, 0.2) is 0 Å². The van der Waals surface area contributed by atoms with Gasteiger partial charge in [0, 0.05) is 6.54 Å². The monoisotopic (exact) mass is 348 g/mol. The number of rotatable bonds is 13. The second kappa shape index (κ2) is 11.3. The zero-order chi connectivity index (χ0) is 18.7. The minimum absolute atomic E-state index is 0.318. The molecule has 0 heterocycles. The van der Waals surface area contributed by atoms with Crippen molar-refractivity contribution in [2.75, 3.05) is 6.54 Å². The molecule has 141 valence electrons. The second-order valence-electron chi connectivity index (χ2n) is 7.07. The Kier molecular flexibility index (Phi) is 9.76. The topological polar surface area (TPSA) is 69.6 Å². The second-order valence-corrected chi connectivity index (χ2v) is 7.07. The van der Waals surface area contributed by atoms with E-state index >= 15 is 0 Å². The van der Waals surface area contributed by atoms with Crippen LogP contribution in [0.3, 0.4) is 0 Å². The van der Waals surface area contributed by atoms with E-state index in [2.05, 4.69) is 19.3 Å². The van der Waals surface area contributed by atoms with Gasteiger partial charge in [-0.1, -0.05) is 63.4 Å². The standard InChI is InChI=1S/C21H34NO3/c1-4-11-18(14-9-10-15-22-25)19(5-2)21(3,20(23)24)16-17-12-7-6-8-13-17/h6-8,12-13,18,22,25H,4-5,9-11,14-16H2,1-3H3,(H,23,24). The summed E-state index contributed by atoms with van der Waals surface area (Å²) in [6.07, 6.45) is 6.26. The number of unbranched alkanes of at least 4 members (excludes halogenated alkanes) is 1. The maximum Gasteiger partial charge on any atom is 0.310 e. The largest absolute Gasteiger partial charge is 0.481 e. The Morgan fingerprint density at radius 2 is 1.84 bits per heavy atom. The SMILES string of the molecule is CCCC(CCCCNO)[C](CC)C(C)(Cc1ccccc1)C(=O)O. The molecule has 0 aliphatic rings. The average Bonchev–Trinajstić information content (AvgIpc) is 2.60. The molecule has 0 amide bonds. The molecule has 1 rings (SSSR count). The first-order chi connectivity index (χ1) is 12.0. The lowest BCUT2D eigenvalue weighted by Gasteiger charge is -2.38. The molecule has 0 aromatic heterocycles. The molecule has 4 nitrogen and oxygen atoms in total. The maximum absolute atomic E-state index is 12.2. The van der Waals surface area contributed by atoms with Crippen LogP contribution in [0.1, 0.15) is 64.9 Å². The van der Waals surface area contributed by atoms with Crippen molar-refractivity contribution in [3.05, 3.63) is 41.8 Å². The zero-order valence-electron chi connectivity index (χ0n) is 15.9. The highest BCUT2D eigenvalue weighted by molar-refractivity contribution is 5.77. The molecule has 0 aliphatic heterocycles. The van der Waals surface area contributed by atoms with Crippen LogP contribution in [0, 0.1) is 17.3 Å². The molecule has 1 aromatic rings. The fourth-order valence-corrected chi connectivity index (χ4v) is 3.90. The highest BCUT2D eigenvalue weighted by Gasteiger charge is 2.44. The third-order valence-electron chi connectivity index (χ3n) is 5.18. The number of carbonyl (C=O) groups is 1. The van der Waals surface area contributed by atoms with Gasteiger partial charge in [0.25, 0.3) is 0 Å². The van der Waals surface area contributed by atoms with Crippen LogP contribution in [0.15, 0.2) is 30.3 Å². The van der Waals surface area contributed by atoms with Gasteiger partial charge in [0.2, 0.25) is 0 Å². The number of carboxylic acid groups (broad SMARTS) is 1. The van der Waals surface area contributed by atoms with Crippen molar-refractivity contribution >= 4 is 5.97 Å². The summed E-state index contributed by atoms with van der Waals surface area (Å²) >= 11 is 0. The summed E-state index contributed by atoms with van der Waals surface area (Å²) in [5, 5.41) is 18.8. The van der Waals surface area contributed by atoms with E-state index in [9.17, 15) is 9.90 Å². The lowest BCUT2D eigenvalue weighted by molar-refractivity contribution is -0.147. The van der Waals surface area contributed by atoms with Gasteiger partial charge in [-0.05, 0) is 50.0 Å². The Morgan fingerprint density at radius 1 is 1.16 bits per heavy atom. The van der Waals surface area contributed by atoms with Crippen molar-refractivity contribution in [2.24, 2.45) is 11.3 Å². The summed E-state index contributed by atoms with van der Waals surface area (Å²) in [5.74, 6) is 0.743. The van der Waals surface area contributed by atoms with Crippen LogP contribution >= 0.6 is 0 Å². The first-order valence-electron chi connectivity index (χ1n) is 9.50. The van der Waals surface area contributed by atoms with Gasteiger partial charge in [0.05, 0.1) is 5.41 Å². The summed E-state index contributed by atoms with van der Waals surface area (Å²) in [7, 11) is 0. The Labute approximate surface area is 152 Å². The Morgan fingerprint density at radius 3 is 2.36 bits per heavy atom. The van der Waals surface area contributed by atoms with E-state index in [1.54, 1.807) is 0 Å². The third kappa shape index (κ3) is 6.44. The first kappa shape index (κ1) is 21.7. The van der Waals surface area contributed by atoms with E-state index in [1.807, 2.05) is 37.3 Å². The van der Waals surface area contributed by atoms with E-state index in [1.165, 1.54) is 0 Å². The summed E-state index contributed by atoms with van der Waals surface area (Å²) in [6, 6.07) is 9.91. The number of nitrogens with one attached hydrogen (secondary N) is 1. The number of hydroxylamine groups is 1. The van der Waals surface area contributed by atoms with Gasteiger partial charge >= 0.3 is 5.97 Å². The fraction of sp³-hybridized carbons (Fsp3) is 0.619. The lowest BCUT2D eigenvalue weighted by Crippen LogP contribution is -2.40. The number of benzene rings is 1. The highest BCUT2D eigenvalue weighted by Crippen LogP contribution is 2.44. The van der Waals surface area contributed by atoms with Crippen LogP contribution < -0.4 is 5.48 Å². The van der Waals surface area contributed by atoms with Gasteiger partial charge in [0.1, 0.15) is 0 Å². The summed E-state index contributed by atoms with van der Waals surface area (Å²) in [5.41, 5.74) is 2.42. The molecule has 0 bridgehead atoms. The van der Waals surface area contributed by atoms with Gasteiger partial charge in [-0.15, -0.1) is 0 Å². The quantitative estimate of drug-likeness (QED) is 0.351. The van der Waals surface area contributed by atoms with Crippen LogP contribution in [-0.2, 0) is 11.2 Å². The molecule has 0 saturated heterocycles. The Hall–Kier alpha value is -1.39. The predicted molar refractivity (Wildman–Crippen MR) is 101 cm³/mol. The van der Waals surface area contributed by atoms with Gasteiger partial charge < -0.3 is 10.3 Å². The molecule has 1 radical (unpaired) electrons. The molecule has 2 unspecified atom stereocenters. The highest BCUT2D eigenvalue weighted by atomic mass is 16.5. The molecule has 1 aromatic carbocycles. The smallest absolute Gasteiger partial charge is 0.310 e. The molecule has 0 saturated carbocycles. The van der Waals surface area contributed by atoms with Crippen LogP contribution in [-0.4, -0.2) is 22.8 Å². The van der Waals surface area contributed by atoms with E-state index in [0.29, 0.717) is 18.9 Å². The summed E-state index contributed by atoms with van der Waals surface area (Å²) in [6.45, 7) is 6.71. The molecule has 0 aliphatic carbocycles. The number of aliphatic carboxylic acids is 1. The Bertz CT molecular complexity index is 491. The van der Waals surface area contributed by atoms with Gasteiger partial charge in [-0.2, -0.15) is 0 Å². The number of carboxylic acids is 1. The maximum atomic E-state index is 12.2. The first-order valence-corrected chi connectivity index (χ1v) is 9.50. The van der Waals surface area contributed by atoms with Crippen molar-refractivity contribution in [3.8, 4) is 0 Å². The summed E-state index contributed by atoms with van der Waals surface area (Å²) < 4.78 is 0. The van der Waals surface area contributed by atoms with Crippen LogP contribution in [0.4, 0.5) is 0 Å². The molecule has 3 N–H and O–H groups in total. The molecular weight excluding hydrogens is 314 g/mol. The third-order valence-corrected chi connectivity index (χ3v) is 5.18. The van der Waals surface area contributed by atoms with E-state index in [4.69, 9.17) is 5.21 Å². The minimum atomic E-state index is -0.842. The van der Waals surface area contributed by atoms with Crippen molar-refractivity contribution in [2.45, 2.75) is 65.7 Å². The van der Waals surface area contributed by atoms with Crippen molar-refractivity contribution in [3.63, 3.8) is 0 Å². The molecule has 2 atom stereocenters.